The molecule has 2 N–H and O–H groups in total. The van der Waals surface area contributed by atoms with Gasteiger partial charge in [-0.2, -0.15) is 28.6 Å². The number of carboxylic acids is 1. The van der Waals surface area contributed by atoms with Gasteiger partial charge in [-0.15, -0.1) is 0 Å². The Kier molecular flexibility index (Phi) is 8.35. The van der Waals surface area contributed by atoms with E-state index in [1.54, 1.807) is 16.8 Å². The van der Waals surface area contributed by atoms with Crippen LogP contribution < -0.4 is 5.48 Å². The Morgan fingerprint density at radius 3 is 2.70 bits per heavy atom. The molecular weight excluding hydrogens is 342 g/mol. The summed E-state index contributed by atoms with van der Waals surface area (Å²) in [6, 6.07) is 1.66. The maximum Gasteiger partial charge on any atom is 0.333 e. The zero-order valence-corrected chi connectivity index (χ0v) is 14.1. The first kappa shape index (κ1) is 19.2. The molecule has 0 bridgehead atoms. The summed E-state index contributed by atoms with van der Waals surface area (Å²) in [7, 11) is 0. The number of hydrogen-bond donors (Lipinski definition) is 2. The quantitative estimate of drug-likeness (QED) is 0.392. The van der Waals surface area contributed by atoms with E-state index in [1.807, 2.05) is 5.48 Å². The molecule has 7 nitrogen and oxygen atoms in total. The second-order valence-corrected chi connectivity index (χ2v) is 6.56. The standard InChI is InChI=1S/C14H17NO6S2/c1-9(16)15-21-13(19)3-5-23-8-11(6-12(17)18)14(20)10-2-4-22-7-10/h2,4,7,11H,3,5-6,8H2,1H3,(H,15,16)(H,17,18)/t11-/m0/s1. The molecule has 0 fully saturated rings. The first-order valence-electron chi connectivity index (χ1n) is 6.72. The third-order valence-electron chi connectivity index (χ3n) is 2.68. The maximum atomic E-state index is 12.2. The van der Waals surface area contributed by atoms with Gasteiger partial charge in [-0.25, -0.2) is 4.79 Å². The number of thioether (sulfide) groups is 1. The average molecular weight is 359 g/mol. The van der Waals surface area contributed by atoms with Crippen molar-refractivity contribution in [2.24, 2.45) is 5.92 Å². The van der Waals surface area contributed by atoms with Crippen molar-refractivity contribution in [1.29, 1.82) is 0 Å². The summed E-state index contributed by atoms with van der Waals surface area (Å²) in [5.41, 5.74) is 2.44. The number of amides is 1. The molecular formula is C14H17NO6S2. The number of thiophene rings is 1. The Hall–Kier alpha value is -1.87. The molecule has 0 radical (unpaired) electrons. The lowest BCUT2D eigenvalue weighted by atomic mass is 9.98. The monoisotopic (exact) mass is 359 g/mol. The first-order chi connectivity index (χ1) is 10.9. The Bertz CT molecular complexity index is 558. The smallest absolute Gasteiger partial charge is 0.333 e. The first-order valence-corrected chi connectivity index (χ1v) is 8.82. The number of aliphatic carboxylic acids is 1. The highest BCUT2D eigenvalue weighted by molar-refractivity contribution is 7.99. The summed E-state index contributed by atoms with van der Waals surface area (Å²) in [6.45, 7) is 1.22. The predicted molar refractivity (Wildman–Crippen MR) is 86.2 cm³/mol. The Morgan fingerprint density at radius 2 is 2.13 bits per heavy atom. The van der Waals surface area contributed by atoms with Gasteiger partial charge in [0, 0.05) is 35.3 Å². The van der Waals surface area contributed by atoms with Crippen LogP contribution in [-0.2, 0) is 19.2 Å². The third-order valence-corrected chi connectivity index (χ3v) is 4.49. The minimum atomic E-state index is -1.04. The topological polar surface area (TPSA) is 110 Å². The van der Waals surface area contributed by atoms with Gasteiger partial charge in [0.1, 0.15) is 0 Å². The number of carboxylic acid groups (broad SMARTS) is 1. The van der Waals surface area contributed by atoms with E-state index in [2.05, 4.69) is 4.84 Å². The molecule has 0 unspecified atom stereocenters. The van der Waals surface area contributed by atoms with Crippen LogP contribution in [-0.4, -0.2) is 40.2 Å². The fourth-order valence-electron chi connectivity index (χ4n) is 1.64. The van der Waals surface area contributed by atoms with Gasteiger partial charge < -0.3 is 9.94 Å². The van der Waals surface area contributed by atoms with E-state index >= 15 is 0 Å². The van der Waals surface area contributed by atoms with Crippen LogP contribution >= 0.6 is 23.1 Å². The van der Waals surface area contributed by atoms with Gasteiger partial charge in [-0.1, -0.05) is 0 Å². The number of rotatable bonds is 9. The molecule has 1 atom stereocenters. The molecule has 0 aliphatic carbocycles. The highest BCUT2D eigenvalue weighted by Crippen LogP contribution is 2.20. The lowest BCUT2D eigenvalue weighted by Crippen LogP contribution is -2.24. The van der Waals surface area contributed by atoms with Gasteiger partial charge in [0.2, 0.25) is 5.91 Å². The highest BCUT2D eigenvalue weighted by Gasteiger charge is 2.23. The van der Waals surface area contributed by atoms with E-state index in [1.165, 1.54) is 30.0 Å². The normalized spacial score (nSPS) is 11.5. The second-order valence-electron chi connectivity index (χ2n) is 4.63. The summed E-state index contributed by atoms with van der Waals surface area (Å²) in [4.78, 5) is 49.5. The average Bonchev–Trinajstić information content (AvgIpc) is 3.01. The van der Waals surface area contributed by atoms with Crippen molar-refractivity contribution < 1.29 is 29.1 Å². The molecule has 1 aromatic rings. The molecule has 0 aromatic carbocycles. The van der Waals surface area contributed by atoms with Gasteiger partial charge in [0.15, 0.2) is 5.78 Å². The van der Waals surface area contributed by atoms with E-state index in [4.69, 9.17) is 5.11 Å². The molecule has 0 aliphatic heterocycles. The number of carbonyl (C=O) groups excluding carboxylic acids is 3. The van der Waals surface area contributed by atoms with Gasteiger partial charge in [0.25, 0.3) is 0 Å². The zero-order valence-electron chi connectivity index (χ0n) is 12.4. The Morgan fingerprint density at radius 1 is 1.39 bits per heavy atom. The number of hydroxylamine groups is 1. The third kappa shape index (κ3) is 7.80. The lowest BCUT2D eigenvalue weighted by molar-refractivity contribution is -0.157. The summed E-state index contributed by atoms with van der Waals surface area (Å²) in [5.74, 6) is -2.29. The lowest BCUT2D eigenvalue weighted by Gasteiger charge is -2.12. The minimum absolute atomic E-state index is 0.0530. The molecule has 0 spiro atoms. The molecule has 1 rings (SSSR count). The largest absolute Gasteiger partial charge is 0.481 e. The van der Waals surface area contributed by atoms with Crippen molar-refractivity contribution in [2.45, 2.75) is 19.8 Å². The van der Waals surface area contributed by atoms with E-state index in [0.29, 0.717) is 17.1 Å². The number of Topliss-reactive ketones (excluding diaryl/α,β-unsaturated/α-hetero) is 1. The van der Waals surface area contributed by atoms with Crippen molar-refractivity contribution in [3.05, 3.63) is 22.4 Å². The van der Waals surface area contributed by atoms with Crippen molar-refractivity contribution in [2.75, 3.05) is 11.5 Å². The van der Waals surface area contributed by atoms with Crippen molar-refractivity contribution in [3.63, 3.8) is 0 Å². The van der Waals surface area contributed by atoms with Crippen LogP contribution in [0.3, 0.4) is 0 Å². The molecule has 126 valence electrons. The summed E-state index contributed by atoms with van der Waals surface area (Å²) in [5, 5.41) is 12.4. The summed E-state index contributed by atoms with van der Waals surface area (Å²) >= 11 is 2.67. The van der Waals surface area contributed by atoms with Crippen LogP contribution in [0.5, 0.6) is 0 Å². The van der Waals surface area contributed by atoms with Crippen LogP contribution in [0.4, 0.5) is 0 Å². The second kappa shape index (κ2) is 10.0. The van der Waals surface area contributed by atoms with E-state index in [9.17, 15) is 19.2 Å². The molecule has 1 amide bonds. The molecule has 0 saturated heterocycles. The van der Waals surface area contributed by atoms with E-state index < -0.39 is 23.8 Å². The fraction of sp³-hybridized carbons (Fsp3) is 0.429. The molecule has 9 heteroatoms. The predicted octanol–water partition coefficient (Wildman–Crippen LogP) is 1.74. The van der Waals surface area contributed by atoms with Crippen LogP contribution in [0.25, 0.3) is 0 Å². The summed E-state index contributed by atoms with van der Waals surface area (Å²) < 4.78 is 0. The Labute approximate surface area is 141 Å². The molecule has 1 aromatic heterocycles. The number of nitrogens with one attached hydrogen (secondary N) is 1. The SMILES string of the molecule is CC(=O)NOC(=O)CCSC[C@H](CC(=O)O)C(=O)c1ccsc1. The number of ketones is 1. The Balaban J connectivity index is 2.40. The van der Waals surface area contributed by atoms with Gasteiger partial charge >= 0.3 is 11.9 Å². The molecule has 1 heterocycles. The zero-order chi connectivity index (χ0) is 17.2. The molecule has 23 heavy (non-hydrogen) atoms. The highest BCUT2D eigenvalue weighted by atomic mass is 32.2. The van der Waals surface area contributed by atoms with Crippen molar-refractivity contribution in [3.8, 4) is 0 Å². The van der Waals surface area contributed by atoms with Crippen LogP contribution in [0.2, 0.25) is 0 Å². The number of carbonyl (C=O) groups is 4. The summed E-state index contributed by atoms with van der Waals surface area (Å²) in [6.07, 6.45) is -0.199. The molecule has 0 aliphatic rings. The van der Waals surface area contributed by atoms with Crippen LogP contribution in [0.15, 0.2) is 16.8 Å². The van der Waals surface area contributed by atoms with E-state index in [0.717, 1.165) is 0 Å². The fourth-order valence-corrected chi connectivity index (χ4v) is 3.32. The van der Waals surface area contributed by atoms with Crippen LogP contribution in [0.1, 0.15) is 30.1 Å². The van der Waals surface area contributed by atoms with Gasteiger partial charge in [-0.3, -0.25) is 14.4 Å². The van der Waals surface area contributed by atoms with E-state index in [-0.39, 0.29) is 18.6 Å². The van der Waals surface area contributed by atoms with Gasteiger partial charge in [0.05, 0.1) is 12.8 Å². The van der Waals surface area contributed by atoms with Crippen molar-refractivity contribution >= 4 is 46.7 Å². The minimum Gasteiger partial charge on any atom is -0.481 e. The van der Waals surface area contributed by atoms with Gasteiger partial charge in [-0.05, 0) is 11.4 Å². The van der Waals surface area contributed by atoms with Crippen molar-refractivity contribution in [1.82, 2.24) is 5.48 Å². The molecule has 0 saturated carbocycles. The number of hydrogen-bond acceptors (Lipinski definition) is 7. The maximum absolute atomic E-state index is 12.2. The van der Waals surface area contributed by atoms with Crippen LogP contribution in [0, 0.1) is 5.92 Å².